The third-order valence-corrected chi connectivity index (χ3v) is 5.53. The highest BCUT2D eigenvalue weighted by Gasteiger charge is 2.31. The summed E-state index contributed by atoms with van der Waals surface area (Å²) in [5, 5.41) is 2.94. The minimum Gasteiger partial charge on any atom is -0.465 e. The molecular weight excluding hydrogens is 380 g/mol. The van der Waals surface area contributed by atoms with Crippen LogP contribution in [-0.4, -0.2) is 27.6 Å². The highest BCUT2D eigenvalue weighted by atomic mass is 32.2. The fraction of sp³-hybridized carbons (Fsp3) is 0.250. The first-order chi connectivity index (χ1) is 13.1. The summed E-state index contributed by atoms with van der Waals surface area (Å²) in [6.07, 6.45) is 4.97. The summed E-state index contributed by atoms with van der Waals surface area (Å²) in [5.74, 6) is 0.412. The average Bonchev–Trinajstić information content (AvgIpc) is 3.26. The van der Waals surface area contributed by atoms with E-state index >= 15 is 0 Å². The lowest BCUT2D eigenvalue weighted by Gasteiger charge is -2.14. The molecule has 140 valence electrons. The number of thioether (sulfide) groups is 1. The fourth-order valence-electron chi connectivity index (χ4n) is 2.76. The van der Waals surface area contributed by atoms with E-state index in [1.807, 2.05) is 24.3 Å². The first kappa shape index (κ1) is 19.4. The van der Waals surface area contributed by atoms with Crippen LogP contribution in [0.4, 0.5) is 5.69 Å². The van der Waals surface area contributed by atoms with Crippen LogP contribution < -0.4 is 5.32 Å². The van der Waals surface area contributed by atoms with Gasteiger partial charge in [-0.15, -0.1) is 0 Å². The van der Waals surface area contributed by atoms with Crippen molar-refractivity contribution in [2.75, 3.05) is 11.9 Å². The van der Waals surface area contributed by atoms with Crippen molar-refractivity contribution in [1.82, 2.24) is 4.90 Å². The molecule has 1 N–H and O–H groups in total. The summed E-state index contributed by atoms with van der Waals surface area (Å²) in [5.41, 5.74) is 1.95. The maximum absolute atomic E-state index is 12.5. The Morgan fingerprint density at radius 1 is 1.30 bits per heavy atom. The molecule has 0 spiro atoms. The molecular formula is C20H20N2O3S2. The zero-order chi connectivity index (χ0) is 19.2. The number of carbonyl (C=O) groups is 2. The number of benzene rings is 1. The van der Waals surface area contributed by atoms with Crippen LogP contribution in [0.15, 0.2) is 52.0 Å². The molecule has 1 saturated heterocycles. The molecule has 5 nitrogen and oxygen atoms in total. The van der Waals surface area contributed by atoms with E-state index in [-0.39, 0.29) is 11.8 Å². The maximum atomic E-state index is 12.5. The van der Waals surface area contributed by atoms with E-state index in [2.05, 4.69) is 12.2 Å². The zero-order valence-electron chi connectivity index (χ0n) is 14.9. The predicted molar refractivity (Wildman–Crippen MR) is 112 cm³/mol. The Hall–Kier alpha value is -2.38. The second-order valence-electron chi connectivity index (χ2n) is 6.01. The Balaban J connectivity index is 1.52. The average molecular weight is 401 g/mol. The summed E-state index contributed by atoms with van der Waals surface area (Å²) in [4.78, 5) is 26.8. The van der Waals surface area contributed by atoms with Crippen LogP contribution in [0, 0.1) is 0 Å². The molecule has 1 aliphatic heterocycles. The van der Waals surface area contributed by atoms with Gasteiger partial charge in [0.2, 0.25) is 5.91 Å². The van der Waals surface area contributed by atoms with E-state index in [4.69, 9.17) is 16.6 Å². The number of anilines is 1. The van der Waals surface area contributed by atoms with Gasteiger partial charge in [0.15, 0.2) is 0 Å². The first-order valence-corrected chi connectivity index (χ1v) is 9.97. The number of hydrogen-bond donors (Lipinski definition) is 1. The third-order valence-electron chi connectivity index (χ3n) is 4.15. The predicted octanol–water partition coefficient (Wildman–Crippen LogP) is 4.46. The van der Waals surface area contributed by atoms with E-state index in [0.717, 1.165) is 17.7 Å². The Bertz CT molecular complexity index is 875. The zero-order valence-corrected chi connectivity index (χ0v) is 16.6. The van der Waals surface area contributed by atoms with Gasteiger partial charge in [-0.25, -0.2) is 0 Å². The van der Waals surface area contributed by atoms with Crippen LogP contribution in [0.3, 0.4) is 0 Å². The number of amides is 2. The van der Waals surface area contributed by atoms with E-state index in [9.17, 15) is 9.59 Å². The number of hydrogen-bond acceptors (Lipinski definition) is 5. The molecule has 2 heterocycles. The second-order valence-corrected chi connectivity index (χ2v) is 7.69. The van der Waals surface area contributed by atoms with Crippen molar-refractivity contribution in [2.24, 2.45) is 0 Å². The van der Waals surface area contributed by atoms with Crippen molar-refractivity contribution < 1.29 is 14.0 Å². The van der Waals surface area contributed by atoms with E-state index < -0.39 is 0 Å². The molecule has 1 aromatic heterocycles. The molecule has 0 aliphatic carbocycles. The van der Waals surface area contributed by atoms with Crippen molar-refractivity contribution in [3.8, 4) is 0 Å². The highest BCUT2D eigenvalue weighted by Crippen LogP contribution is 2.32. The molecule has 0 saturated carbocycles. The molecule has 2 aromatic rings. The van der Waals surface area contributed by atoms with Gasteiger partial charge in [0, 0.05) is 24.7 Å². The number of aryl methyl sites for hydroxylation is 1. The summed E-state index contributed by atoms with van der Waals surface area (Å²) < 4.78 is 5.75. The SMILES string of the molecule is CCc1ccccc1NC(=O)CCCN1C(=O)C(=Cc2ccco2)SC1=S. The number of furan rings is 1. The Morgan fingerprint density at radius 2 is 2.11 bits per heavy atom. The van der Waals surface area contributed by atoms with Crippen molar-refractivity contribution >= 4 is 51.9 Å². The molecule has 0 radical (unpaired) electrons. The lowest BCUT2D eigenvalue weighted by molar-refractivity contribution is -0.122. The normalized spacial score (nSPS) is 15.6. The van der Waals surface area contributed by atoms with Crippen LogP contribution in [0.1, 0.15) is 31.1 Å². The second kappa shape index (κ2) is 9.01. The molecule has 3 rings (SSSR count). The van der Waals surface area contributed by atoms with E-state index in [1.165, 1.54) is 11.8 Å². The highest BCUT2D eigenvalue weighted by molar-refractivity contribution is 8.26. The standard InChI is InChI=1S/C20H20N2O3S2/c1-2-14-7-3-4-9-16(14)21-18(23)10-5-11-22-19(24)17(27-20(22)26)13-15-8-6-12-25-15/h3-4,6-9,12-13H,2,5,10-11H2,1H3,(H,21,23). The number of thiocarbonyl (C=S) groups is 1. The molecule has 0 bridgehead atoms. The summed E-state index contributed by atoms with van der Waals surface area (Å²) in [6, 6.07) is 11.3. The molecule has 2 amide bonds. The number of nitrogens with one attached hydrogen (secondary N) is 1. The smallest absolute Gasteiger partial charge is 0.266 e. The minimum atomic E-state index is -0.141. The van der Waals surface area contributed by atoms with Crippen LogP contribution in [0.2, 0.25) is 0 Å². The lowest BCUT2D eigenvalue weighted by Crippen LogP contribution is -2.29. The topological polar surface area (TPSA) is 62.6 Å². The quantitative estimate of drug-likeness (QED) is 0.549. The van der Waals surface area contributed by atoms with Gasteiger partial charge >= 0.3 is 0 Å². The number of para-hydroxylation sites is 1. The van der Waals surface area contributed by atoms with Gasteiger partial charge in [0.1, 0.15) is 10.1 Å². The Kier molecular flexibility index (Phi) is 6.47. The van der Waals surface area contributed by atoms with Crippen molar-refractivity contribution in [1.29, 1.82) is 0 Å². The van der Waals surface area contributed by atoms with Gasteiger partial charge in [-0.3, -0.25) is 14.5 Å². The molecule has 1 fully saturated rings. The van der Waals surface area contributed by atoms with Crippen molar-refractivity contribution in [3.63, 3.8) is 0 Å². The number of carbonyl (C=O) groups excluding carboxylic acids is 2. The minimum absolute atomic E-state index is 0.0625. The Morgan fingerprint density at radius 3 is 2.85 bits per heavy atom. The third kappa shape index (κ3) is 4.87. The van der Waals surface area contributed by atoms with Crippen LogP contribution in [0.25, 0.3) is 6.08 Å². The molecule has 0 atom stereocenters. The molecule has 1 aliphatic rings. The summed E-state index contributed by atoms with van der Waals surface area (Å²) >= 11 is 6.56. The van der Waals surface area contributed by atoms with Crippen LogP contribution in [-0.2, 0) is 16.0 Å². The number of nitrogens with zero attached hydrogens (tertiary/aromatic N) is 1. The van der Waals surface area contributed by atoms with E-state index in [1.54, 1.807) is 29.4 Å². The van der Waals surface area contributed by atoms with Crippen LogP contribution >= 0.6 is 24.0 Å². The molecule has 0 unspecified atom stereocenters. The van der Waals surface area contributed by atoms with E-state index in [0.29, 0.717) is 34.4 Å². The van der Waals surface area contributed by atoms with Gasteiger partial charge in [-0.05, 0) is 36.6 Å². The van der Waals surface area contributed by atoms with Gasteiger partial charge < -0.3 is 9.73 Å². The van der Waals surface area contributed by atoms with Crippen LogP contribution in [0.5, 0.6) is 0 Å². The van der Waals surface area contributed by atoms with Gasteiger partial charge in [-0.1, -0.05) is 49.1 Å². The summed E-state index contributed by atoms with van der Waals surface area (Å²) in [7, 11) is 0. The maximum Gasteiger partial charge on any atom is 0.266 e. The Labute approximate surface area is 167 Å². The van der Waals surface area contributed by atoms with Gasteiger partial charge in [0.25, 0.3) is 5.91 Å². The number of rotatable bonds is 7. The lowest BCUT2D eigenvalue weighted by atomic mass is 10.1. The molecule has 27 heavy (non-hydrogen) atoms. The van der Waals surface area contributed by atoms with Crippen molar-refractivity contribution in [2.45, 2.75) is 26.2 Å². The largest absolute Gasteiger partial charge is 0.465 e. The first-order valence-electron chi connectivity index (χ1n) is 8.75. The van der Waals surface area contributed by atoms with Crippen molar-refractivity contribution in [3.05, 3.63) is 58.9 Å². The monoisotopic (exact) mass is 400 g/mol. The summed E-state index contributed by atoms with van der Waals surface area (Å²) in [6.45, 7) is 2.47. The fourth-order valence-corrected chi connectivity index (χ4v) is 4.04. The molecule has 7 heteroatoms. The van der Waals surface area contributed by atoms with Gasteiger partial charge in [-0.2, -0.15) is 0 Å². The van der Waals surface area contributed by atoms with Gasteiger partial charge in [0.05, 0.1) is 11.2 Å². The molecule has 1 aromatic carbocycles.